The molecule has 0 aliphatic carbocycles. The Hall–Kier alpha value is -3.62. The van der Waals surface area contributed by atoms with E-state index < -0.39 is 5.91 Å². The summed E-state index contributed by atoms with van der Waals surface area (Å²) in [6.45, 7) is 1.93. The first-order valence-corrected chi connectivity index (χ1v) is 12.8. The van der Waals surface area contributed by atoms with Crippen LogP contribution in [0.2, 0.25) is 15.1 Å². The molecule has 38 heavy (non-hydrogen) atoms. The van der Waals surface area contributed by atoms with Crippen LogP contribution in [0.5, 0.6) is 0 Å². The predicted molar refractivity (Wildman–Crippen MR) is 157 cm³/mol. The Morgan fingerprint density at radius 2 is 1.82 bits per heavy atom. The zero-order valence-electron chi connectivity index (χ0n) is 19.7. The van der Waals surface area contributed by atoms with Gasteiger partial charge in [0.2, 0.25) is 11.8 Å². The van der Waals surface area contributed by atoms with Crippen molar-refractivity contribution in [3.63, 3.8) is 0 Å². The van der Waals surface area contributed by atoms with E-state index in [9.17, 15) is 4.79 Å². The Labute approximate surface area is 238 Å². The quantitative estimate of drug-likeness (QED) is 0.160. The van der Waals surface area contributed by atoms with E-state index in [0.29, 0.717) is 54.8 Å². The summed E-state index contributed by atoms with van der Waals surface area (Å²) in [6.07, 6.45) is 2.84. The molecule has 5 rings (SSSR count). The molecule has 3 aromatic carbocycles. The molecule has 0 aliphatic rings. The maximum Gasteiger partial charge on any atom is 0.250 e. The van der Waals surface area contributed by atoms with Crippen LogP contribution in [-0.2, 0) is 4.79 Å². The Kier molecular flexibility index (Phi) is 7.53. The van der Waals surface area contributed by atoms with Gasteiger partial charge in [-0.25, -0.2) is 4.98 Å². The van der Waals surface area contributed by atoms with Crippen molar-refractivity contribution in [2.24, 2.45) is 0 Å². The molecule has 2 aromatic heterocycles. The number of oxazole rings is 1. The lowest BCUT2D eigenvalue weighted by molar-refractivity contribution is -0.115. The molecule has 0 atom stereocenters. The minimum absolute atomic E-state index is 0.124. The first kappa shape index (κ1) is 26.0. The monoisotopic (exact) mass is 581 g/mol. The number of nitrogens with zero attached hydrogens (tertiary/aromatic N) is 1. The number of aromatic nitrogens is 1. The molecule has 0 unspecified atom stereocenters. The summed E-state index contributed by atoms with van der Waals surface area (Å²) in [6, 6.07) is 19.7. The maximum absolute atomic E-state index is 12.4. The molecule has 6 nitrogen and oxygen atoms in total. The minimum atomic E-state index is -0.428. The van der Waals surface area contributed by atoms with Crippen LogP contribution in [0.25, 0.3) is 40.0 Å². The van der Waals surface area contributed by atoms with E-state index in [2.05, 4.69) is 15.6 Å². The molecule has 1 amide bonds. The second kappa shape index (κ2) is 11.0. The highest BCUT2D eigenvalue weighted by Crippen LogP contribution is 2.34. The number of amides is 1. The highest BCUT2D eigenvalue weighted by molar-refractivity contribution is 7.80. The summed E-state index contributed by atoms with van der Waals surface area (Å²) in [7, 11) is 0. The van der Waals surface area contributed by atoms with Gasteiger partial charge in [0.1, 0.15) is 17.0 Å². The predicted octanol–water partition coefficient (Wildman–Crippen LogP) is 8.55. The SMILES string of the molecule is Cc1ccc(-c2nc3cc(NC(=S)NC(=O)C=Cc4ccc(-c5cccc(Cl)c5Cl)o4)ccc3o2)cc1Cl. The van der Waals surface area contributed by atoms with E-state index in [0.717, 1.165) is 11.1 Å². The lowest BCUT2D eigenvalue weighted by Gasteiger charge is -2.07. The van der Waals surface area contributed by atoms with Gasteiger partial charge in [-0.15, -0.1) is 0 Å². The fourth-order valence-electron chi connectivity index (χ4n) is 3.61. The van der Waals surface area contributed by atoms with E-state index in [-0.39, 0.29) is 5.11 Å². The summed E-state index contributed by atoms with van der Waals surface area (Å²) >= 11 is 23.8. The topological polar surface area (TPSA) is 80.3 Å². The summed E-state index contributed by atoms with van der Waals surface area (Å²) < 4.78 is 11.6. The van der Waals surface area contributed by atoms with Gasteiger partial charge in [-0.05, 0) is 85.4 Å². The number of hydrogen-bond donors (Lipinski definition) is 2. The average molecular weight is 583 g/mol. The minimum Gasteiger partial charge on any atom is -0.457 e. The van der Waals surface area contributed by atoms with Gasteiger partial charge in [-0.1, -0.05) is 46.9 Å². The molecule has 0 saturated carbocycles. The van der Waals surface area contributed by atoms with Crippen LogP contribution in [0.15, 0.2) is 81.6 Å². The molecule has 2 N–H and O–H groups in total. The van der Waals surface area contributed by atoms with Gasteiger partial charge < -0.3 is 14.2 Å². The maximum atomic E-state index is 12.4. The smallest absolute Gasteiger partial charge is 0.250 e. The van der Waals surface area contributed by atoms with E-state index in [1.165, 1.54) is 12.2 Å². The van der Waals surface area contributed by atoms with E-state index >= 15 is 0 Å². The van der Waals surface area contributed by atoms with Gasteiger partial charge in [0.05, 0.1) is 10.0 Å². The van der Waals surface area contributed by atoms with Gasteiger partial charge >= 0.3 is 0 Å². The number of anilines is 1. The summed E-state index contributed by atoms with van der Waals surface area (Å²) in [5.41, 5.74) is 4.29. The van der Waals surface area contributed by atoms with Crippen molar-refractivity contribution in [2.75, 3.05) is 5.32 Å². The van der Waals surface area contributed by atoms with Crippen LogP contribution in [0.1, 0.15) is 11.3 Å². The van der Waals surface area contributed by atoms with Crippen LogP contribution in [-0.4, -0.2) is 16.0 Å². The zero-order valence-corrected chi connectivity index (χ0v) is 22.8. The van der Waals surface area contributed by atoms with Gasteiger partial charge in [0.25, 0.3) is 0 Å². The number of carbonyl (C=O) groups excluding carboxylic acids is 1. The van der Waals surface area contributed by atoms with Crippen molar-refractivity contribution in [2.45, 2.75) is 6.92 Å². The first-order valence-electron chi connectivity index (χ1n) is 11.3. The van der Waals surface area contributed by atoms with Crippen LogP contribution in [0, 0.1) is 6.92 Å². The second-order valence-corrected chi connectivity index (χ2v) is 9.85. The van der Waals surface area contributed by atoms with E-state index in [4.69, 9.17) is 55.9 Å². The van der Waals surface area contributed by atoms with Crippen LogP contribution < -0.4 is 10.6 Å². The standard InChI is InChI=1S/C28H18Cl3N3O3S/c1-15-5-6-16(13-21(15)30)27-33-22-14-17(7-10-24(22)37-27)32-28(38)34-25(35)12-9-18-8-11-23(36-18)19-3-2-4-20(29)26(19)31/h2-14H,1H3,(H2,32,34,35,38). The lowest BCUT2D eigenvalue weighted by atomic mass is 10.1. The number of thiocarbonyl (C=S) groups is 1. The largest absolute Gasteiger partial charge is 0.457 e. The molecule has 0 fully saturated rings. The van der Waals surface area contributed by atoms with Gasteiger partial charge in [-0.2, -0.15) is 0 Å². The third-order valence-electron chi connectivity index (χ3n) is 5.54. The fourth-order valence-corrected chi connectivity index (χ4v) is 4.40. The summed E-state index contributed by atoms with van der Waals surface area (Å²) in [4.78, 5) is 16.9. The Morgan fingerprint density at radius 3 is 2.63 bits per heavy atom. The van der Waals surface area contributed by atoms with Crippen LogP contribution >= 0.6 is 47.0 Å². The van der Waals surface area contributed by atoms with Crippen molar-refractivity contribution in [3.8, 4) is 22.8 Å². The van der Waals surface area contributed by atoms with Crippen molar-refractivity contribution in [3.05, 3.63) is 99.2 Å². The van der Waals surface area contributed by atoms with E-state index in [1.54, 1.807) is 48.5 Å². The van der Waals surface area contributed by atoms with Crippen LogP contribution in [0.4, 0.5) is 5.69 Å². The number of aryl methyl sites for hydroxylation is 1. The highest BCUT2D eigenvalue weighted by atomic mass is 35.5. The normalized spacial score (nSPS) is 11.3. The number of fused-ring (bicyclic) bond motifs is 1. The number of halogens is 3. The van der Waals surface area contributed by atoms with Gasteiger partial charge in [0.15, 0.2) is 10.7 Å². The first-order chi connectivity index (χ1) is 18.3. The average Bonchev–Trinajstić information content (AvgIpc) is 3.53. The number of furan rings is 1. The van der Waals surface area contributed by atoms with Gasteiger partial charge in [-0.3, -0.25) is 10.1 Å². The van der Waals surface area contributed by atoms with Crippen molar-refractivity contribution < 1.29 is 13.6 Å². The number of benzene rings is 3. The third-order valence-corrected chi connectivity index (χ3v) is 6.97. The molecule has 190 valence electrons. The van der Waals surface area contributed by atoms with E-state index in [1.807, 2.05) is 25.1 Å². The van der Waals surface area contributed by atoms with Crippen molar-refractivity contribution >= 4 is 80.9 Å². The van der Waals surface area contributed by atoms with Crippen LogP contribution in [0.3, 0.4) is 0 Å². The Balaban J connectivity index is 1.21. The molecular weight excluding hydrogens is 565 g/mol. The highest BCUT2D eigenvalue weighted by Gasteiger charge is 2.12. The molecular formula is C28H18Cl3N3O3S. The molecule has 0 aliphatic heterocycles. The van der Waals surface area contributed by atoms with Crippen molar-refractivity contribution in [1.29, 1.82) is 0 Å². The number of nitrogens with one attached hydrogen (secondary N) is 2. The Bertz CT molecular complexity index is 1730. The molecule has 0 radical (unpaired) electrons. The zero-order chi connectivity index (χ0) is 26.8. The molecule has 0 bridgehead atoms. The fraction of sp³-hybridized carbons (Fsp3) is 0.0357. The molecule has 0 saturated heterocycles. The summed E-state index contributed by atoms with van der Waals surface area (Å²) in [5, 5.41) is 7.17. The van der Waals surface area contributed by atoms with Gasteiger partial charge in [0, 0.05) is 27.9 Å². The molecule has 10 heteroatoms. The number of hydrogen-bond acceptors (Lipinski definition) is 5. The number of rotatable bonds is 5. The van der Waals surface area contributed by atoms with Crippen molar-refractivity contribution in [1.82, 2.24) is 10.3 Å². The Morgan fingerprint density at radius 1 is 0.974 bits per heavy atom. The molecule has 0 spiro atoms. The lowest BCUT2D eigenvalue weighted by Crippen LogP contribution is -2.32. The molecule has 5 aromatic rings. The second-order valence-electron chi connectivity index (χ2n) is 8.25. The number of carbonyl (C=O) groups is 1. The summed E-state index contributed by atoms with van der Waals surface area (Å²) in [5.74, 6) is 1.03. The molecule has 2 heterocycles. The third kappa shape index (κ3) is 5.76.